The zero-order valence-electron chi connectivity index (χ0n) is 11.5. The van der Waals surface area contributed by atoms with Crippen LogP contribution in [-0.4, -0.2) is 24.5 Å². The smallest absolute Gasteiger partial charge is 0.271 e. The molecule has 0 aliphatic carbocycles. The Kier molecular flexibility index (Phi) is 3.01. The van der Waals surface area contributed by atoms with Crippen LogP contribution < -0.4 is 5.32 Å². The Morgan fingerprint density at radius 3 is 2.91 bits per heavy atom. The average Bonchev–Trinajstić information content (AvgIpc) is 3.03. The zero-order valence-corrected chi connectivity index (χ0v) is 13.1. The molecule has 4 rings (SSSR count). The minimum Gasteiger partial charge on any atom is -0.324 e. The lowest BCUT2D eigenvalue weighted by molar-refractivity contribution is -0.384. The molecule has 0 saturated carbocycles. The van der Waals surface area contributed by atoms with E-state index in [9.17, 15) is 10.1 Å². The topological polar surface area (TPSA) is 101 Å². The Labute approximate surface area is 137 Å². The summed E-state index contributed by atoms with van der Waals surface area (Å²) in [7, 11) is 0. The first-order valence-electron chi connectivity index (χ1n) is 6.65. The number of aromatic nitrogens is 4. The van der Waals surface area contributed by atoms with Crippen LogP contribution in [0.15, 0.2) is 46.9 Å². The first-order valence-corrected chi connectivity index (χ1v) is 7.45. The molecule has 0 fully saturated rings. The van der Waals surface area contributed by atoms with Crippen molar-refractivity contribution in [3.05, 3.63) is 57.1 Å². The highest BCUT2D eigenvalue weighted by Gasteiger charge is 2.11. The summed E-state index contributed by atoms with van der Waals surface area (Å²) in [6.45, 7) is 0. The highest BCUT2D eigenvalue weighted by atomic mass is 79.9. The Hall–Kier alpha value is -2.94. The van der Waals surface area contributed by atoms with Crippen molar-refractivity contribution in [1.29, 1.82) is 0 Å². The van der Waals surface area contributed by atoms with Gasteiger partial charge in [-0.3, -0.25) is 15.2 Å². The fourth-order valence-corrected chi connectivity index (χ4v) is 2.70. The highest BCUT2D eigenvalue weighted by molar-refractivity contribution is 9.10. The van der Waals surface area contributed by atoms with E-state index in [1.165, 1.54) is 12.1 Å². The molecular weight excluding hydrogens is 364 g/mol. The SMILES string of the molecule is O=[N+]([O-])c1cccc(Nc2nc3nc4cc(Br)ccc4n3[nH]2)c1. The molecule has 2 heterocycles. The van der Waals surface area contributed by atoms with E-state index in [-0.39, 0.29) is 5.69 Å². The number of nitrogens with zero attached hydrogens (tertiary/aromatic N) is 4. The van der Waals surface area contributed by atoms with Crippen molar-refractivity contribution < 1.29 is 4.92 Å². The molecule has 0 aliphatic heterocycles. The van der Waals surface area contributed by atoms with Crippen LogP contribution in [0.5, 0.6) is 0 Å². The van der Waals surface area contributed by atoms with E-state index >= 15 is 0 Å². The maximum absolute atomic E-state index is 10.8. The second-order valence-corrected chi connectivity index (χ2v) is 5.80. The van der Waals surface area contributed by atoms with E-state index in [1.807, 2.05) is 18.2 Å². The molecule has 0 aliphatic rings. The quantitative estimate of drug-likeness (QED) is 0.422. The molecule has 23 heavy (non-hydrogen) atoms. The standard InChI is InChI=1S/C14H9BrN6O2/c15-8-4-5-12-11(6-8)17-14-18-13(19-20(12)14)16-9-2-1-3-10(7-9)21(22)23/h1-7H,(H2,16,17,18,19). The van der Waals surface area contributed by atoms with Gasteiger partial charge >= 0.3 is 0 Å². The number of aromatic amines is 1. The lowest BCUT2D eigenvalue weighted by atomic mass is 10.3. The number of imidazole rings is 1. The maximum atomic E-state index is 10.8. The van der Waals surface area contributed by atoms with Gasteiger partial charge in [-0.05, 0) is 24.3 Å². The van der Waals surface area contributed by atoms with Crippen LogP contribution in [0.4, 0.5) is 17.3 Å². The first-order chi connectivity index (χ1) is 11.1. The van der Waals surface area contributed by atoms with Crippen molar-refractivity contribution in [2.45, 2.75) is 0 Å². The Bertz CT molecular complexity index is 1050. The van der Waals surface area contributed by atoms with Crippen LogP contribution in [-0.2, 0) is 0 Å². The summed E-state index contributed by atoms with van der Waals surface area (Å²) in [5.41, 5.74) is 2.30. The molecule has 0 atom stereocenters. The van der Waals surface area contributed by atoms with Gasteiger partial charge in [0.15, 0.2) is 0 Å². The van der Waals surface area contributed by atoms with Gasteiger partial charge in [-0.15, -0.1) is 0 Å². The largest absolute Gasteiger partial charge is 0.324 e. The van der Waals surface area contributed by atoms with Crippen molar-refractivity contribution >= 4 is 50.1 Å². The molecule has 8 nitrogen and oxygen atoms in total. The van der Waals surface area contributed by atoms with Crippen molar-refractivity contribution in [3.8, 4) is 0 Å². The molecule has 0 saturated heterocycles. The summed E-state index contributed by atoms with van der Waals surface area (Å²) in [5, 5.41) is 16.9. The lowest BCUT2D eigenvalue weighted by Crippen LogP contribution is -1.95. The van der Waals surface area contributed by atoms with Crippen LogP contribution in [0.25, 0.3) is 16.8 Å². The Balaban J connectivity index is 1.72. The third-order valence-electron chi connectivity index (χ3n) is 3.35. The van der Waals surface area contributed by atoms with Crippen molar-refractivity contribution in [1.82, 2.24) is 19.6 Å². The van der Waals surface area contributed by atoms with Gasteiger partial charge in [0.1, 0.15) is 0 Å². The molecule has 0 spiro atoms. The number of H-pyrrole nitrogens is 1. The van der Waals surface area contributed by atoms with Gasteiger partial charge in [0.05, 0.1) is 16.0 Å². The number of fused-ring (bicyclic) bond motifs is 3. The molecule has 9 heteroatoms. The van der Waals surface area contributed by atoms with E-state index in [0.717, 1.165) is 15.5 Å². The summed E-state index contributed by atoms with van der Waals surface area (Å²) >= 11 is 3.41. The number of nitro benzene ring substituents is 1. The van der Waals surface area contributed by atoms with Gasteiger partial charge in [0, 0.05) is 22.3 Å². The molecular formula is C14H9BrN6O2. The van der Waals surface area contributed by atoms with Gasteiger partial charge in [-0.1, -0.05) is 22.0 Å². The number of hydrogen-bond donors (Lipinski definition) is 2. The summed E-state index contributed by atoms with van der Waals surface area (Å²) in [6.07, 6.45) is 0. The number of rotatable bonds is 3. The number of anilines is 2. The van der Waals surface area contributed by atoms with E-state index in [0.29, 0.717) is 17.4 Å². The van der Waals surface area contributed by atoms with Crippen LogP contribution >= 0.6 is 15.9 Å². The number of benzene rings is 2. The van der Waals surface area contributed by atoms with Gasteiger partial charge in [0.25, 0.3) is 11.5 Å². The molecule has 0 bridgehead atoms. The van der Waals surface area contributed by atoms with Crippen LogP contribution in [0.1, 0.15) is 0 Å². The highest BCUT2D eigenvalue weighted by Crippen LogP contribution is 2.23. The predicted molar refractivity (Wildman–Crippen MR) is 88.9 cm³/mol. The summed E-state index contributed by atoms with van der Waals surface area (Å²) in [4.78, 5) is 19.2. The van der Waals surface area contributed by atoms with Gasteiger partial charge in [0.2, 0.25) is 5.95 Å². The van der Waals surface area contributed by atoms with Gasteiger partial charge in [-0.25, -0.2) is 9.50 Å². The minimum absolute atomic E-state index is 0.0154. The predicted octanol–water partition coefficient (Wildman–Crippen LogP) is 3.62. The first kappa shape index (κ1) is 13.7. The molecule has 2 N–H and O–H groups in total. The molecule has 4 aromatic rings. The fourth-order valence-electron chi connectivity index (χ4n) is 2.35. The van der Waals surface area contributed by atoms with E-state index in [4.69, 9.17) is 0 Å². The van der Waals surface area contributed by atoms with E-state index < -0.39 is 4.92 Å². The number of hydrogen-bond acceptors (Lipinski definition) is 5. The van der Waals surface area contributed by atoms with Gasteiger partial charge < -0.3 is 5.32 Å². The van der Waals surface area contributed by atoms with Crippen LogP contribution in [0.2, 0.25) is 0 Å². The average molecular weight is 373 g/mol. The third-order valence-corrected chi connectivity index (χ3v) is 3.84. The second kappa shape index (κ2) is 5.06. The zero-order chi connectivity index (χ0) is 16.0. The number of nitrogens with one attached hydrogen (secondary N) is 2. The maximum Gasteiger partial charge on any atom is 0.271 e. The summed E-state index contributed by atoms with van der Waals surface area (Å²) in [5.74, 6) is 0.976. The monoisotopic (exact) mass is 372 g/mol. The molecule has 114 valence electrons. The lowest BCUT2D eigenvalue weighted by Gasteiger charge is -2.01. The number of non-ortho nitro benzene ring substituents is 1. The molecule has 2 aromatic heterocycles. The number of nitro groups is 1. The van der Waals surface area contributed by atoms with Crippen LogP contribution in [0, 0.1) is 10.1 Å². The van der Waals surface area contributed by atoms with Crippen molar-refractivity contribution in [2.75, 3.05) is 5.32 Å². The van der Waals surface area contributed by atoms with Crippen molar-refractivity contribution in [3.63, 3.8) is 0 Å². The van der Waals surface area contributed by atoms with Crippen LogP contribution in [0.3, 0.4) is 0 Å². The van der Waals surface area contributed by atoms with E-state index in [2.05, 4.69) is 36.3 Å². The van der Waals surface area contributed by atoms with Gasteiger partial charge in [-0.2, -0.15) is 4.98 Å². The summed E-state index contributed by atoms with van der Waals surface area (Å²) in [6, 6.07) is 12.0. The number of halogens is 1. The summed E-state index contributed by atoms with van der Waals surface area (Å²) < 4.78 is 2.70. The second-order valence-electron chi connectivity index (χ2n) is 4.88. The minimum atomic E-state index is -0.439. The molecule has 0 radical (unpaired) electrons. The Morgan fingerprint density at radius 1 is 1.22 bits per heavy atom. The Morgan fingerprint density at radius 2 is 2.09 bits per heavy atom. The van der Waals surface area contributed by atoms with E-state index in [1.54, 1.807) is 16.6 Å². The molecule has 2 aromatic carbocycles. The molecule has 0 unspecified atom stereocenters. The van der Waals surface area contributed by atoms with Crippen molar-refractivity contribution in [2.24, 2.45) is 0 Å². The normalized spacial score (nSPS) is 11.2. The third kappa shape index (κ3) is 2.40. The molecule has 0 amide bonds. The fraction of sp³-hybridized carbons (Fsp3) is 0.